The number of halogens is 2. The van der Waals surface area contributed by atoms with Crippen molar-refractivity contribution in [3.05, 3.63) is 29.3 Å². The number of anilines is 1. The van der Waals surface area contributed by atoms with Crippen molar-refractivity contribution in [1.29, 1.82) is 0 Å². The number of benzene rings is 1. The highest BCUT2D eigenvalue weighted by molar-refractivity contribution is 5.55. The summed E-state index contributed by atoms with van der Waals surface area (Å²) in [5.74, 6) is -1.15. The van der Waals surface area contributed by atoms with Gasteiger partial charge in [-0.2, -0.15) is 0 Å². The normalized spacial score (nSPS) is 12.6. The lowest BCUT2D eigenvalue weighted by Crippen LogP contribution is -2.22. The Bertz CT molecular complexity index is 369. The Balaban J connectivity index is 3.28. The largest absolute Gasteiger partial charge is 0.387 e. The lowest BCUT2D eigenvalue weighted by atomic mass is 10.0. The molecule has 0 bridgehead atoms. The van der Waals surface area contributed by atoms with Crippen LogP contribution in [0.5, 0.6) is 0 Å². The monoisotopic (exact) mass is 230 g/mol. The zero-order valence-electron chi connectivity index (χ0n) is 9.59. The third-order valence-corrected chi connectivity index (χ3v) is 2.29. The van der Waals surface area contributed by atoms with Gasteiger partial charge in [0.2, 0.25) is 0 Å². The highest BCUT2D eigenvalue weighted by atomic mass is 19.1. The van der Waals surface area contributed by atoms with Crippen molar-refractivity contribution >= 4 is 5.69 Å². The Morgan fingerprint density at radius 1 is 1.31 bits per heavy atom. The van der Waals surface area contributed by atoms with E-state index in [1.807, 2.05) is 0 Å². The van der Waals surface area contributed by atoms with Gasteiger partial charge in [-0.1, -0.05) is 0 Å². The van der Waals surface area contributed by atoms with Gasteiger partial charge < -0.3 is 15.3 Å². The molecule has 0 amide bonds. The number of hydrogen-bond donors (Lipinski definition) is 2. The van der Waals surface area contributed by atoms with Gasteiger partial charge in [0.25, 0.3) is 0 Å². The van der Waals surface area contributed by atoms with Crippen LogP contribution in [-0.4, -0.2) is 32.8 Å². The maximum absolute atomic E-state index is 13.6. The Kier molecular flexibility index (Phi) is 4.20. The topological polar surface area (TPSA) is 35.5 Å². The molecule has 0 fully saturated rings. The lowest BCUT2D eigenvalue weighted by molar-refractivity contribution is 0.173. The number of nitrogens with one attached hydrogen (secondary N) is 1. The molecule has 16 heavy (non-hydrogen) atoms. The van der Waals surface area contributed by atoms with Crippen molar-refractivity contribution in [1.82, 2.24) is 5.32 Å². The second kappa shape index (κ2) is 5.23. The van der Waals surface area contributed by atoms with Crippen molar-refractivity contribution < 1.29 is 13.9 Å². The first-order chi connectivity index (χ1) is 7.49. The average molecular weight is 230 g/mol. The molecule has 0 aliphatic carbocycles. The molecule has 0 radical (unpaired) electrons. The van der Waals surface area contributed by atoms with Gasteiger partial charge in [0.1, 0.15) is 11.6 Å². The third-order valence-electron chi connectivity index (χ3n) is 2.29. The summed E-state index contributed by atoms with van der Waals surface area (Å²) in [4.78, 5) is 1.45. The van der Waals surface area contributed by atoms with Crippen LogP contribution in [0.4, 0.5) is 14.5 Å². The number of hydrogen-bond acceptors (Lipinski definition) is 3. The highest BCUT2D eigenvalue weighted by Crippen LogP contribution is 2.30. The zero-order chi connectivity index (χ0) is 12.3. The highest BCUT2D eigenvalue weighted by Gasteiger charge is 2.21. The summed E-state index contributed by atoms with van der Waals surface area (Å²) in [6.07, 6.45) is -1.07. The van der Waals surface area contributed by atoms with E-state index in [1.165, 1.54) is 4.90 Å². The van der Waals surface area contributed by atoms with Crippen LogP contribution >= 0.6 is 0 Å². The summed E-state index contributed by atoms with van der Waals surface area (Å²) in [6.45, 7) is 0.168. The Morgan fingerprint density at radius 2 is 1.88 bits per heavy atom. The quantitative estimate of drug-likeness (QED) is 0.818. The van der Waals surface area contributed by atoms with Crippen molar-refractivity contribution in [2.45, 2.75) is 6.10 Å². The van der Waals surface area contributed by atoms with Crippen LogP contribution in [0.15, 0.2) is 12.1 Å². The molecule has 90 valence electrons. The van der Waals surface area contributed by atoms with Gasteiger partial charge >= 0.3 is 0 Å². The van der Waals surface area contributed by atoms with E-state index in [4.69, 9.17) is 0 Å². The van der Waals surface area contributed by atoms with Crippen LogP contribution in [0, 0.1) is 11.6 Å². The predicted octanol–water partition coefficient (Wildman–Crippen LogP) is 1.28. The molecule has 1 atom stereocenters. The first kappa shape index (κ1) is 12.9. The molecule has 1 rings (SSSR count). The Morgan fingerprint density at radius 3 is 2.38 bits per heavy atom. The minimum Gasteiger partial charge on any atom is -0.387 e. The minimum atomic E-state index is -1.07. The van der Waals surface area contributed by atoms with Crippen molar-refractivity contribution in [2.24, 2.45) is 0 Å². The van der Waals surface area contributed by atoms with Gasteiger partial charge in [-0.05, 0) is 19.2 Å². The van der Waals surface area contributed by atoms with Crippen LogP contribution in [-0.2, 0) is 0 Å². The van der Waals surface area contributed by atoms with E-state index >= 15 is 0 Å². The molecule has 1 aromatic rings. The second-order valence-corrected chi connectivity index (χ2v) is 3.76. The zero-order valence-corrected chi connectivity index (χ0v) is 9.59. The van der Waals surface area contributed by atoms with Gasteiger partial charge in [-0.15, -0.1) is 0 Å². The number of aliphatic hydroxyl groups is 1. The lowest BCUT2D eigenvalue weighted by Gasteiger charge is -2.22. The molecule has 0 heterocycles. The average Bonchev–Trinajstić information content (AvgIpc) is 2.20. The number of aliphatic hydroxyl groups excluding tert-OH is 1. The Labute approximate surface area is 93.7 Å². The molecule has 1 unspecified atom stereocenters. The molecular formula is C11H16F2N2O. The molecule has 0 spiro atoms. The number of likely N-dealkylation sites (N-methyl/N-ethyl adjacent to an activating group) is 1. The second-order valence-electron chi connectivity index (χ2n) is 3.76. The van der Waals surface area contributed by atoms with E-state index < -0.39 is 17.7 Å². The van der Waals surface area contributed by atoms with E-state index in [0.29, 0.717) is 0 Å². The van der Waals surface area contributed by atoms with E-state index in [2.05, 4.69) is 5.32 Å². The molecular weight excluding hydrogens is 214 g/mol. The maximum atomic E-state index is 13.6. The predicted molar refractivity (Wildman–Crippen MR) is 59.6 cm³/mol. The molecule has 2 N–H and O–H groups in total. The molecule has 0 aliphatic rings. The van der Waals surface area contributed by atoms with E-state index in [1.54, 1.807) is 21.1 Å². The van der Waals surface area contributed by atoms with Crippen molar-refractivity contribution in [2.75, 3.05) is 32.6 Å². The van der Waals surface area contributed by atoms with E-state index in [0.717, 1.165) is 12.1 Å². The van der Waals surface area contributed by atoms with Crippen LogP contribution in [0.3, 0.4) is 0 Å². The minimum absolute atomic E-state index is 0.0145. The molecule has 3 nitrogen and oxygen atoms in total. The molecule has 0 saturated carbocycles. The number of rotatable bonds is 4. The molecule has 0 aromatic heterocycles. The van der Waals surface area contributed by atoms with Gasteiger partial charge in [0.15, 0.2) is 0 Å². The molecule has 1 aromatic carbocycles. The summed E-state index contributed by atoms with van der Waals surface area (Å²) in [5.41, 5.74) is 0.0714. The Hall–Kier alpha value is -1.20. The summed E-state index contributed by atoms with van der Waals surface area (Å²) >= 11 is 0. The SMILES string of the molecule is CNCC(O)c1c(F)ccc(F)c1N(C)C. The van der Waals surface area contributed by atoms with Gasteiger partial charge in [0.05, 0.1) is 11.8 Å². The van der Waals surface area contributed by atoms with Crippen molar-refractivity contribution in [3.63, 3.8) is 0 Å². The molecule has 0 aliphatic heterocycles. The fourth-order valence-corrected chi connectivity index (χ4v) is 1.62. The number of nitrogens with zero attached hydrogens (tertiary/aromatic N) is 1. The van der Waals surface area contributed by atoms with Gasteiger partial charge in [0, 0.05) is 26.2 Å². The van der Waals surface area contributed by atoms with Gasteiger partial charge in [-0.3, -0.25) is 0 Å². The first-order valence-electron chi connectivity index (χ1n) is 4.97. The summed E-state index contributed by atoms with van der Waals surface area (Å²) in [6, 6.07) is 2.08. The molecule has 5 heteroatoms. The summed E-state index contributed by atoms with van der Waals surface area (Å²) < 4.78 is 27.1. The van der Waals surface area contributed by atoms with Crippen LogP contribution in [0.25, 0.3) is 0 Å². The van der Waals surface area contributed by atoms with E-state index in [-0.39, 0.29) is 17.8 Å². The standard InChI is InChI=1S/C11H16F2N2O/c1-14-6-9(16)10-7(12)4-5-8(13)11(10)15(2)3/h4-5,9,14,16H,6H2,1-3H3. The summed E-state index contributed by atoms with van der Waals surface area (Å²) in [7, 11) is 4.84. The van der Waals surface area contributed by atoms with Gasteiger partial charge in [-0.25, -0.2) is 8.78 Å². The van der Waals surface area contributed by atoms with Crippen molar-refractivity contribution in [3.8, 4) is 0 Å². The fraction of sp³-hybridized carbons (Fsp3) is 0.455. The first-order valence-corrected chi connectivity index (χ1v) is 4.97. The third kappa shape index (κ3) is 2.48. The van der Waals surface area contributed by atoms with Crippen LogP contribution in [0.2, 0.25) is 0 Å². The van der Waals surface area contributed by atoms with Crippen LogP contribution < -0.4 is 10.2 Å². The smallest absolute Gasteiger partial charge is 0.147 e. The summed E-state index contributed by atoms with van der Waals surface area (Å²) in [5, 5.41) is 12.5. The van der Waals surface area contributed by atoms with Crippen LogP contribution in [0.1, 0.15) is 11.7 Å². The fourth-order valence-electron chi connectivity index (χ4n) is 1.62. The molecule has 0 saturated heterocycles. The van der Waals surface area contributed by atoms with E-state index in [9.17, 15) is 13.9 Å². The maximum Gasteiger partial charge on any atom is 0.147 e.